The summed E-state index contributed by atoms with van der Waals surface area (Å²) in [6.45, 7) is 1.06. The highest BCUT2D eigenvalue weighted by molar-refractivity contribution is 6.28. The number of esters is 1. The molecule has 3 aromatic heterocycles. The van der Waals surface area contributed by atoms with Crippen LogP contribution in [0.25, 0.3) is 22.4 Å². The number of hydrogen-bond acceptors (Lipinski definition) is 6. The van der Waals surface area contributed by atoms with Crippen LogP contribution in [-0.2, 0) is 29.5 Å². The summed E-state index contributed by atoms with van der Waals surface area (Å²) in [6.07, 6.45) is 6.24. The second kappa shape index (κ2) is 9.82. The molecule has 166 valence electrons. The van der Waals surface area contributed by atoms with Gasteiger partial charge in [0.05, 0.1) is 12.9 Å². The third-order valence-corrected chi connectivity index (χ3v) is 5.47. The van der Waals surface area contributed by atoms with Crippen LogP contribution in [0.15, 0.2) is 48.9 Å². The first-order chi connectivity index (χ1) is 15.5. The average Bonchev–Trinajstić information content (AvgIpc) is 3.38. The molecule has 0 fully saturated rings. The van der Waals surface area contributed by atoms with E-state index in [4.69, 9.17) is 22.1 Å². The Morgan fingerprint density at radius 1 is 1.19 bits per heavy atom. The molecule has 4 aromatic rings. The minimum atomic E-state index is -0.186. The third-order valence-electron chi connectivity index (χ3n) is 5.30. The number of anilines is 1. The molecule has 0 atom stereocenters. The van der Waals surface area contributed by atoms with Crippen molar-refractivity contribution in [3.63, 3.8) is 0 Å². The van der Waals surface area contributed by atoms with Crippen LogP contribution in [0.5, 0.6) is 0 Å². The smallest absolute Gasteiger partial charge is 0.306 e. The first kappa shape index (κ1) is 21.8. The number of carbonyl (C=O) groups is 1. The number of aryl methyl sites for hydroxylation is 3. The fraction of sp³-hybridized carbons (Fsp3) is 0.304. The molecular weight excluding hydrogens is 428 g/mol. The summed E-state index contributed by atoms with van der Waals surface area (Å²) in [4.78, 5) is 24.5. The molecule has 0 unspecified atom stereocenters. The monoisotopic (exact) mass is 452 g/mol. The summed E-state index contributed by atoms with van der Waals surface area (Å²) < 4.78 is 9.35. The molecule has 0 bridgehead atoms. The lowest BCUT2D eigenvalue weighted by Crippen LogP contribution is -2.08. The second-order valence-corrected chi connectivity index (χ2v) is 7.96. The van der Waals surface area contributed by atoms with E-state index in [9.17, 15) is 4.79 Å². The molecular formula is C23H25ClN6O2. The predicted molar refractivity (Wildman–Crippen MR) is 124 cm³/mol. The van der Waals surface area contributed by atoms with Crippen LogP contribution in [0, 0.1) is 0 Å². The molecule has 0 radical (unpaired) electrons. The standard InChI is InChI=1S/C23H25ClN6O2/c1-29-11-5-8-18(29)17-7-4-6-16(14-17)9-10-19(31)32-13-3-2-12-30-15-26-20-21(25)27-23(24)28-22(20)30/h4-8,11,14-15H,2-3,9-10,12-13H2,1H3,(H2,25,27,28). The molecule has 0 spiro atoms. The number of imidazole rings is 1. The van der Waals surface area contributed by atoms with Crippen LogP contribution >= 0.6 is 11.6 Å². The van der Waals surface area contributed by atoms with Crippen LogP contribution in [0.1, 0.15) is 24.8 Å². The quantitative estimate of drug-likeness (QED) is 0.234. The molecule has 0 saturated carbocycles. The molecule has 0 saturated heterocycles. The van der Waals surface area contributed by atoms with Gasteiger partial charge in [0.25, 0.3) is 0 Å². The van der Waals surface area contributed by atoms with Gasteiger partial charge in [-0.25, -0.2) is 4.98 Å². The Hall–Kier alpha value is -3.39. The SMILES string of the molecule is Cn1cccc1-c1cccc(CCC(=O)OCCCCn2cnc3c(N)nc(Cl)nc32)c1. The molecule has 32 heavy (non-hydrogen) atoms. The highest BCUT2D eigenvalue weighted by Gasteiger charge is 2.10. The number of halogens is 1. The molecule has 0 amide bonds. The summed E-state index contributed by atoms with van der Waals surface area (Å²) in [7, 11) is 2.02. The van der Waals surface area contributed by atoms with Crippen molar-refractivity contribution in [2.24, 2.45) is 7.05 Å². The van der Waals surface area contributed by atoms with E-state index in [-0.39, 0.29) is 17.1 Å². The zero-order chi connectivity index (χ0) is 22.5. The van der Waals surface area contributed by atoms with E-state index in [1.54, 1.807) is 6.33 Å². The van der Waals surface area contributed by atoms with Gasteiger partial charge < -0.3 is 19.6 Å². The Balaban J connectivity index is 1.20. The van der Waals surface area contributed by atoms with Gasteiger partial charge in [-0.05, 0) is 60.2 Å². The molecule has 2 N–H and O–H groups in total. The minimum Gasteiger partial charge on any atom is -0.466 e. The molecule has 0 aliphatic heterocycles. The van der Waals surface area contributed by atoms with E-state index in [1.807, 2.05) is 36.0 Å². The van der Waals surface area contributed by atoms with Gasteiger partial charge in [0.15, 0.2) is 11.5 Å². The zero-order valence-corrected chi connectivity index (χ0v) is 18.6. The maximum absolute atomic E-state index is 12.1. The Morgan fingerprint density at radius 2 is 2.06 bits per heavy atom. The highest BCUT2D eigenvalue weighted by Crippen LogP contribution is 2.21. The Bertz CT molecular complexity index is 1230. The molecule has 0 aliphatic carbocycles. The maximum atomic E-state index is 12.1. The van der Waals surface area contributed by atoms with Crippen molar-refractivity contribution in [2.45, 2.75) is 32.2 Å². The maximum Gasteiger partial charge on any atom is 0.306 e. The largest absolute Gasteiger partial charge is 0.466 e. The Kier molecular flexibility index (Phi) is 6.70. The number of carbonyl (C=O) groups excluding carboxylic acids is 1. The fourth-order valence-corrected chi connectivity index (χ4v) is 3.81. The third kappa shape index (κ3) is 5.08. The van der Waals surface area contributed by atoms with Gasteiger partial charge in [-0.2, -0.15) is 9.97 Å². The van der Waals surface area contributed by atoms with Crippen LogP contribution in [0.3, 0.4) is 0 Å². The van der Waals surface area contributed by atoms with E-state index < -0.39 is 0 Å². The van der Waals surface area contributed by atoms with Gasteiger partial charge in [0.1, 0.15) is 5.52 Å². The summed E-state index contributed by atoms with van der Waals surface area (Å²) in [5.74, 6) is 0.0801. The number of nitrogen functional groups attached to an aromatic ring is 1. The van der Waals surface area contributed by atoms with E-state index in [2.05, 4.69) is 37.7 Å². The Labute approximate surface area is 191 Å². The predicted octanol–water partition coefficient (Wildman–Crippen LogP) is 4.02. The number of unbranched alkanes of at least 4 members (excludes halogenated alkanes) is 1. The van der Waals surface area contributed by atoms with E-state index >= 15 is 0 Å². The number of nitrogens with zero attached hydrogens (tertiary/aromatic N) is 5. The summed E-state index contributed by atoms with van der Waals surface area (Å²) in [5.41, 5.74) is 10.4. The molecule has 3 heterocycles. The van der Waals surface area contributed by atoms with Gasteiger partial charge in [0, 0.05) is 31.9 Å². The van der Waals surface area contributed by atoms with Gasteiger partial charge in [-0.3, -0.25) is 4.79 Å². The number of rotatable bonds is 9. The second-order valence-electron chi connectivity index (χ2n) is 7.62. The number of hydrogen-bond donors (Lipinski definition) is 1. The fourth-order valence-electron chi connectivity index (χ4n) is 3.64. The summed E-state index contributed by atoms with van der Waals surface area (Å²) in [5, 5.41) is 0.0971. The van der Waals surface area contributed by atoms with Gasteiger partial charge >= 0.3 is 5.97 Å². The highest BCUT2D eigenvalue weighted by atomic mass is 35.5. The van der Waals surface area contributed by atoms with Crippen LogP contribution in [-0.4, -0.2) is 36.7 Å². The number of ether oxygens (including phenoxy) is 1. The van der Waals surface area contributed by atoms with Crippen molar-refractivity contribution in [1.82, 2.24) is 24.1 Å². The first-order valence-electron chi connectivity index (χ1n) is 10.5. The van der Waals surface area contributed by atoms with Gasteiger partial charge in [-0.15, -0.1) is 0 Å². The van der Waals surface area contributed by atoms with Gasteiger partial charge in [0.2, 0.25) is 5.28 Å². The molecule has 8 nitrogen and oxygen atoms in total. The lowest BCUT2D eigenvalue weighted by Gasteiger charge is -2.08. The van der Waals surface area contributed by atoms with E-state index in [0.29, 0.717) is 37.2 Å². The van der Waals surface area contributed by atoms with Crippen molar-refractivity contribution < 1.29 is 9.53 Å². The molecule has 0 aliphatic rings. The number of nitrogens with two attached hydrogens (primary N) is 1. The number of aromatic nitrogens is 5. The molecule has 4 rings (SSSR count). The minimum absolute atomic E-state index is 0.0971. The normalized spacial score (nSPS) is 11.2. The number of fused-ring (bicyclic) bond motifs is 1. The van der Waals surface area contributed by atoms with Gasteiger partial charge in [-0.1, -0.05) is 18.2 Å². The molecule has 9 heteroatoms. The summed E-state index contributed by atoms with van der Waals surface area (Å²) >= 11 is 5.88. The zero-order valence-electron chi connectivity index (χ0n) is 17.9. The van der Waals surface area contributed by atoms with Crippen molar-refractivity contribution in [3.8, 4) is 11.3 Å². The Morgan fingerprint density at radius 3 is 2.88 bits per heavy atom. The van der Waals surface area contributed by atoms with E-state index in [0.717, 1.165) is 29.7 Å². The van der Waals surface area contributed by atoms with Crippen LogP contribution in [0.4, 0.5) is 5.82 Å². The lowest BCUT2D eigenvalue weighted by molar-refractivity contribution is -0.143. The number of benzene rings is 1. The lowest BCUT2D eigenvalue weighted by atomic mass is 10.0. The van der Waals surface area contributed by atoms with Crippen molar-refractivity contribution >= 4 is 34.6 Å². The topological polar surface area (TPSA) is 101 Å². The van der Waals surface area contributed by atoms with Crippen LogP contribution in [0.2, 0.25) is 5.28 Å². The van der Waals surface area contributed by atoms with Crippen molar-refractivity contribution in [3.05, 3.63) is 59.8 Å². The molecule has 1 aromatic carbocycles. The van der Waals surface area contributed by atoms with Crippen molar-refractivity contribution in [2.75, 3.05) is 12.3 Å². The van der Waals surface area contributed by atoms with Crippen LogP contribution < -0.4 is 5.73 Å². The average molecular weight is 453 g/mol. The van der Waals surface area contributed by atoms with E-state index in [1.165, 1.54) is 0 Å². The first-order valence-corrected chi connectivity index (χ1v) is 10.9. The summed E-state index contributed by atoms with van der Waals surface area (Å²) in [6, 6.07) is 12.4. The van der Waals surface area contributed by atoms with Crippen molar-refractivity contribution in [1.29, 1.82) is 0 Å².